The lowest BCUT2D eigenvalue weighted by Crippen LogP contribution is -2.03. The molecule has 0 spiro atoms. The Morgan fingerprint density at radius 2 is 2.06 bits per heavy atom. The van der Waals surface area contributed by atoms with Gasteiger partial charge in [-0.2, -0.15) is 0 Å². The molecule has 2 rings (SSSR count). The fraction of sp³-hybridized carbons (Fsp3) is 0.143. The SMILES string of the molecule is Cc1cc(NCc2cccc(F)c2)c(N)cc1Cl. The van der Waals surface area contributed by atoms with E-state index in [2.05, 4.69) is 5.32 Å². The molecule has 0 radical (unpaired) electrons. The van der Waals surface area contributed by atoms with Crippen molar-refractivity contribution in [3.8, 4) is 0 Å². The zero-order chi connectivity index (χ0) is 13.1. The molecule has 0 aliphatic heterocycles. The first-order valence-electron chi connectivity index (χ1n) is 5.60. The Bertz CT molecular complexity index is 570. The maximum Gasteiger partial charge on any atom is 0.123 e. The zero-order valence-electron chi connectivity index (χ0n) is 10.0. The smallest absolute Gasteiger partial charge is 0.123 e. The van der Waals surface area contributed by atoms with Gasteiger partial charge in [0, 0.05) is 11.6 Å². The molecule has 4 heteroatoms. The van der Waals surface area contributed by atoms with E-state index in [0.29, 0.717) is 17.3 Å². The van der Waals surface area contributed by atoms with Gasteiger partial charge in [-0.1, -0.05) is 23.7 Å². The van der Waals surface area contributed by atoms with E-state index >= 15 is 0 Å². The molecule has 2 aromatic rings. The third-order valence-electron chi connectivity index (χ3n) is 2.70. The zero-order valence-corrected chi connectivity index (χ0v) is 10.8. The third-order valence-corrected chi connectivity index (χ3v) is 3.11. The molecule has 0 heterocycles. The van der Waals surface area contributed by atoms with Crippen LogP contribution in [0.15, 0.2) is 36.4 Å². The maximum absolute atomic E-state index is 13.0. The van der Waals surface area contributed by atoms with E-state index in [1.807, 2.05) is 19.1 Å². The van der Waals surface area contributed by atoms with Gasteiger partial charge < -0.3 is 11.1 Å². The summed E-state index contributed by atoms with van der Waals surface area (Å²) in [4.78, 5) is 0. The summed E-state index contributed by atoms with van der Waals surface area (Å²) in [7, 11) is 0. The predicted molar refractivity (Wildman–Crippen MR) is 74.3 cm³/mol. The number of aryl methyl sites for hydroxylation is 1. The van der Waals surface area contributed by atoms with Crippen LogP contribution >= 0.6 is 11.6 Å². The van der Waals surface area contributed by atoms with Gasteiger partial charge >= 0.3 is 0 Å². The number of nitrogens with two attached hydrogens (primary N) is 1. The summed E-state index contributed by atoms with van der Waals surface area (Å²) < 4.78 is 13.0. The highest BCUT2D eigenvalue weighted by Gasteiger charge is 2.03. The van der Waals surface area contributed by atoms with Gasteiger partial charge in [-0.3, -0.25) is 0 Å². The molecule has 2 nitrogen and oxygen atoms in total. The summed E-state index contributed by atoms with van der Waals surface area (Å²) in [6.45, 7) is 2.43. The average molecular weight is 265 g/mol. The van der Waals surface area contributed by atoms with Gasteiger partial charge in [0.15, 0.2) is 0 Å². The second-order valence-electron chi connectivity index (χ2n) is 4.17. The van der Waals surface area contributed by atoms with Crippen LogP contribution in [0.5, 0.6) is 0 Å². The number of rotatable bonds is 3. The Balaban J connectivity index is 2.13. The molecule has 0 bridgehead atoms. The summed E-state index contributed by atoms with van der Waals surface area (Å²) in [6, 6.07) is 10.1. The number of anilines is 2. The van der Waals surface area contributed by atoms with Gasteiger partial charge in [0.1, 0.15) is 5.82 Å². The van der Waals surface area contributed by atoms with E-state index in [-0.39, 0.29) is 5.82 Å². The van der Waals surface area contributed by atoms with Crippen molar-refractivity contribution in [2.24, 2.45) is 0 Å². The molecule has 0 fully saturated rings. The monoisotopic (exact) mass is 264 g/mol. The quantitative estimate of drug-likeness (QED) is 0.823. The molecule has 0 saturated carbocycles. The minimum atomic E-state index is -0.241. The molecule has 94 valence electrons. The van der Waals surface area contributed by atoms with E-state index in [1.165, 1.54) is 12.1 Å². The second kappa shape index (κ2) is 5.27. The Morgan fingerprint density at radius 1 is 1.28 bits per heavy atom. The first-order valence-corrected chi connectivity index (χ1v) is 5.98. The van der Waals surface area contributed by atoms with E-state index in [4.69, 9.17) is 17.3 Å². The molecule has 0 aliphatic rings. The van der Waals surface area contributed by atoms with Crippen molar-refractivity contribution in [2.75, 3.05) is 11.1 Å². The molecule has 3 N–H and O–H groups in total. The van der Waals surface area contributed by atoms with Crippen LogP contribution in [0.1, 0.15) is 11.1 Å². The van der Waals surface area contributed by atoms with Crippen LogP contribution in [0.3, 0.4) is 0 Å². The minimum absolute atomic E-state index is 0.241. The van der Waals surface area contributed by atoms with Crippen LogP contribution in [0.25, 0.3) is 0 Å². The number of nitrogens with one attached hydrogen (secondary N) is 1. The Morgan fingerprint density at radius 3 is 2.78 bits per heavy atom. The second-order valence-corrected chi connectivity index (χ2v) is 4.58. The predicted octanol–water partition coefficient (Wildman–Crippen LogP) is 3.98. The van der Waals surface area contributed by atoms with Gasteiger partial charge in [0.05, 0.1) is 11.4 Å². The van der Waals surface area contributed by atoms with E-state index < -0.39 is 0 Å². The lowest BCUT2D eigenvalue weighted by molar-refractivity contribution is 0.626. The topological polar surface area (TPSA) is 38.0 Å². The van der Waals surface area contributed by atoms with Crippen molar-refractivity contribution in [2.45, 2.75) is 13.5 Å². The summed E-state index contributed by atoms with van der Waals surface area (Å²) in [5.74, 6) is -0.241. The van der Waals surface area contributed by atoms with E-state index in [0.717, 1.165) is 16.8 Å². The van der Waals surface area contributed by atoms with Crippen molar-refractivity contribution < 1.29 is 4.39 Å². The molecule has 0 saturated heterocycles. The summed E-state index contributed by atoms with van der Waals surface area (Å²) in [6.07, 6.45) is 0. The Kier molecular flexibility index (Phi) is 3.72. The van der Waals surface area contributed by atoms with Crippen LogP contribution < -0.4 is 11.1 Å². The number of benzene rings is 2. The standard InChI is InChI=1S/C14H14ClFN2/c1-9-5-14(13(17)7-12(9)15)18-8-10-3-2-4-11(16)6-10/h2-7,18H,8,17H2,1H3. The molecule has 18 heavy (non-hydrogen) atoms. The minimum Gasteiger partial charge on any atom is -0.397 e. The molecule has 0 atom stereocenters. The van der Waals surface area contributed by atoms with E-state index in [9.17, 15) is 4.39 Å². The number of hydrogen-bond acceptors (Lipinski definition) is 2. The van der Waals surface area contributed by atoms with Gasteiger partial charge in [0.2, 0.25) is 0 Å². The highest BCUT2D eigenvalue weighted by molar-refractivity contribution is 6.31. The van der Waals surface area contributed by atoms with Crippen molar-refractivity contribution in [3.63, 3.8) is 0 Å². The molecule has 0 amide bonds. The average Bonchev–Trinajstić information content (AvgIpc) is 2.32. The highest BCUT2D eigenvalue weighted by atomic mass is 35.5. The highest BCUT2D eigenvalue weighted by Crippen LogP contribution is 2.27. The Labute approximate surface area is 111 Å². The van der Waals surface area contributed by atoms with Crippen LogP contribution in [-0.2, 0) is 6.54 Å². The third kappa shape index (κ3) is 2.93. The lowest BCUT2D eigenvalue weighted by Gasteiger charge is -2.11. The van der Waals surface area contributed by atoms with Gasteiger partial charge in [-0.25, -0.2) is 4.39 Å². The van der Waals surface area contributed by atoms with Crippen LogP contribution in [0, 0.1) is 12.7 Å². The normalized spacial score (nSPS) is 10.4. The number of halogens is 2. The number of nitrogen functional groups attached to an aromatic ring is 1. The molecule has 0 aromatic heterocycles. The van der Waals surface area contributed by atoms with Crippen LogP contribution in [0.2, 0.25) is 5.02 Å². The van der Waals surface area contributed by atoms with Gasteiger partial charge in [0.25, 0.3) is 0 Å². The summed E-state index contributed by atoms with van der Waals surface area (Å²) in [5.41, 5.74) is 9.07. The fourth-order valence-corrected chi connectivity index (χ4v) is 1.87. The largest absolute Gasteiger partial charge is 0.397 e. The van der Waals surface area contributed by atoms with Crippen molar-refractivity contribution in [3.05, 3.63) is 58.4 Å². The Hall–Kier alpha value is -1.74. The van der Waals surface area contributed by atoms with Crippen molar-refractivity contribution in [1.29, 1.82) is 0 Å². The van der Waals surface area contributed by atoms with E-state index in [1.54, 1.807) is 12.1 Å². The first kappa shape index (κ1) is 12.7. The first-order chi connectivity index (χ1) is 8.56. The van der Waals surface area contributed by atoms with Gasteiger partial charge in [-0.15, -0.1) is 0 Å². The molecule has 0 aliphatic carbocycles. The van der Waals surface area contributed by atoms with Crippen LogP contribution in [0.4, 0.5) is 15.8 Å². The molecular weight excluding hydrogens is 251 g/mol. The number of hydrogen-bond donors (Lipinski definition) is 2. The maximum atomic E-state index is 13.0. The molecule has 0 unspecified atom stereocenters. The lowest BCUT2D eigenvalue weighted by atomic mass is 10.1. The summed E-state index contributed by atoms with van der Waals surface area (Å²) in [5, 5.41) is 3.82. The molecule has 2 aromatic carbocycles. The molecular formula is C14H14ClFN2. The fourth-order valence-electron chi connectivity index (χ4n) is 1.69. The van der Waals surface area contributed by atoms with Crippen molar-refractivity contribution in [1.82, 2.24) is 0 Å². The van der Waals surface area contributed by atoms with Crippen LogP contribution in [-0.4, -0.2) is 0 Å². The van der Waals surface area contributed by atoms with Gasteiger partial charge in [-0.05, 0) is 42.3 Å². The summed E-state index contributed by atoms with van der Waals surface area (Å²) >= 11 is 5.97. The van der Waals surface area contributed by atoms with Crippen molar-refractivity contribution >= 4 is 23.0 Å².